The largest absolute Gasteiger partial charge is 0.480 e. The molecule has 13 heteroatoms. The van der Waals surface area contributed by atoms with E-state index in [1.54, 1.807) is 54.2 Å². The van der Waals surface area contributed by atoms with Gasteiger partial charge in [-0.1, -0.05) is 42.5 Å². The van der Waals surface area contributed by atoms with Gasteiger partial charge in [0, 0.05) is 18.2 Å². The number of carbonyl (C=O) groups is 3. The topological polar surface area (TPSA) is 178 Å². The van der Waals surface area contributed by atoms with E-state index in [1.165, 1.54) is 13.0 Å². The van der Waals surface area contributed by atoms with Crippen molar-refractivity contribution >= 4 is 40.5 Å². The second kappa shape index (κ2) is 11.4. The van der Waals surface area contributed by atoms with E-state index in [4.69, 9.17) is 10.8 Å². The molecule has 1 aliphatic rings. The highest BCUT2D eigenvalue weighted by Gasteiger charge is 2.47. The lowest BCUT2D eigenvalue weighted by Gasteiger charge is -2.23. The molecule has 0 aliphatic carbocycles. The highest BCUT2D eigenvalue weighted by Crippen LogP contribution is 2.45. The molecule has 0 saturated carbocycles. The Morgan fingerprint density at radius 2 is 1.87 bits per heavy atom. The van der Waals surface area contributed by atoms with Crippen LogP contribution in [0.3, 0.4) is 0 Å². The highest BCUT2D eigenvalue weighted by molar-refractivity contribution is 6.09. The summed E-state index contributed by atoms with van der Waals surface area (Å²) in [6, 6.07) is 16.2. The SMILES string of the molecule is CC(NC(=O)CCc1ccc([C@@]2(C)C(=O)Nc3nc(-c4nn(Cc5ccccc5F)c5ncccc45)nc(N)c32)cc1)C(=O)O. The summed E-state index contributed by atoms with van der Waals surface area (Å²) in [6.45, 7) is 3.28. The monoisotopic (exact) mass is 608 g/mol. The van der Waals surface area contributed by atoms with Gasteiger partial charge in [0.25, 0.3) is 0 Å². The quantitative estimate of drug-likeness (QED) is 0.195. The third kappa shape index (κ3) is 5.32. The first-order valence-corrected chi connectivity index (χ1v) is 14.2. The van der Waals surface area contributed by atoms with Crippen LogP contribution < -0.4 is 16.4 Å². The summed E-state index contributed by atoms with van der Waals surface area (Å²) in [5.74, 6) is -1.61. The van der Waals surface area contributed by atoms with Gasteiger partial charge in [0.1, 0.15) is 34.6 Å². The fourth-order valence-corrected chi connectivity index (χ4v) is 5.50. The summed E-state index contributed by atoms with van der Waals surface area (Å²) in [4.78, 5) is 50.2. The normalized spacial score (nSPS) is 16.3. The zero-order chi connectivity index (χ0) is 31.9. The van der Waals surface area contributed by atoms with Gasteiger partial charge in [-0.25, -0.2) is 24.0 Å². The lowest BCUT2D eigenvalue weighted by atomic mass is 9.77. The molecule has 0 saturated heterocycles. The van der Waals surface area contributed by atoms with Crippen LogP contribution in [0.15, 0.2) is 66.9 Å². The number of rotatable bonds is 9. The molecule has 0 radical (unpaired) electrons. The Kier molecular flexibility index (Phi) is 7.44. The number of hydrogen-bond donors (Lipinski definition) is 4. The van der Waals surface area contributed by atoms with Crippen molar-refractivity contribution in [2.24, 2.45) is 0 Å². The van der Waals surface area contributed by atoms with E-state index in [2.05, 4.69) is 30.7 Å². The van der Waals surface area contributed by atoms with Crippen molar-refractivity contribution in [1.82, 2.24) is 30.0 Å². The molecule has 12 nitrogen and oxygen atoms in total. The Morgan fingerprint density at radius 3 is 2.60 bits per heavy atom. The van der Waals surface area contributed by atoms with E-state index < -0.39 is 17.4 Å². The lowest BCUT2D eigenvalue weighted by molar-refractivity contribution is -0.141. The number of fused-ring (bicyclic) bond motifs is 2. The molecule has 4 heterocycles. The fraction of sp³-hybridized carbons (Fsp3) is 0.219. The van der Waals surface area contributed by atoms with Crippen LogP contribution in [-0.2, 0) is 32.8 Å². The summed E-state index contributed by atoms with van der Waals surface area (Å²) >= 11 is 0. The first-order valence-electron chi connectivity index (χ1n) is 14.2. The first-order chi connectivity index (χ1) is 21.6. The summed E-state index contributed by atoms with van der Waals surface area (Å²) < 4.78 is 16.0. The molecular weight excluding hydrogens is 579 g/mol. The van der Waals surface area contributed by atoms with Crippen LogP contribution in [0.4, 0.5) is 16.0 Å². The molecular formula is C32H29FN8O4. The molecule has 6 rings (SSSR count). The molecule has 1 unspecified atom stereocenters. The van der Waals surface area contributed by atoms with Gasteiger partial charge in [-0.3, -0.25) is 14.4 Å². The van der Waals surface area contributed by atoms with Crippen molar-refractivity contribution in [1.29, 1.82) is 0 Å². The highest BCUT2D eigenvalue weighted by atomic mass is 19.1. The number of aromatic nitrogens is 5. The Balaban J connectivity index is 1.29. The molecule has 2 atom stereocenters. The maximum Gasteiger partial charge on any atom is 0.325 e. The number of halogens is 1. The van der Waals surface area contributed by atoms with Gasteiger partial charge in [0.05, 0.1) is 17.5 Å². The number of carboxylic acid groups (broad SMARTS) is 1. The molecule has 0 fully saturated rings. The molecule has 0 bridgehead atoms. The second-order valence-corrected chi connectivity index (χ2v) is 11.0. The zero-order valence-electron chi connectivity index (χ0n) is 24.4. The molecule has 0 spiro atoms. The first kappa shape index (κ1) is 29.4. The standard InChI is InChI=1S/C32H29FN8O4/c1-17(30(43)44)36-23(42)14-11-18-9-12-20(13-10-18)32(2)24-26(34)37-28(38-27(24)39-31(32)45)25-21-7-5-15-35-29(21)41(40-25)16-19-6-3-4-8-22(19)33/h3-10,12-13,15,17H,11,14,16H2,1-2H3,(H,36,42)(H,43,44)(H3,34,37,38,39,45)/t17?,32-/m1/s1. The number of nitrogen functional groups attached to an aromatic ring is 1. The number of amides is 2. The van der Waals surface area contributed by atoms with Gasteiger partial charge in [0.2, 0.25) is 11.8 Å². The van der Waals surface area contributed by atoms with Gasteiger partial charge >= 0.3 is 5.97 Å². The van der Waals surface area contributed by atoms with Crippen molar-refractivity contribution < 1.29 is 23.9 Å². The molecule has 45 heavy (non-hydrogen) atoms. The minimum atomic E-state index is -1.20. The van der Waals surface area contributed by atoms with E-state index in [1.807, 2.05) is 18.2 Å². The van der Waals surface area contributed by atoms with Gasteiger partial charge in [-0.2, -0.15) is 5.10 Å². The maximum atomic E-state index is 14.4. The van der Waals surface area contributed by atoms with E-state index in [0.717, 1.165) is 5.56 Å². The summed E-state index contributed by atoms with van der Waals surface area (Å²) in [5, 5.41) is 19.6. The Morgan fingerprint density at radius 1 is 1.11 bits per heavy atom. The van der Waals surface area contributed by atoms with E-state index >= 15 is 0 Å². The van der Waals surface area contributed by atoms with Crippen molar-refractivity contribution in [3.8, 4) is 11.5 Å². The smallest absolute Gasteiger partial charge is 0.325 e. The van der Waals surface area contributed by atoms with Gasteiger partial charge in [-0.15, -0.1) is 0 Å². The number of carbonyl (C=O) groups excluding carboxylic acids is 2. The molecule has 2 amide bonds. The van der Waals surface area contributed by atoms with Crippen LogP contribution >= 0.6 is 0 Å². The van der Waals surface area contributed by atoms with E-state index in [-0.39, 0.29) is 48.1 Å². The number of aryl methyl sites for hydroxylation is 1. The number of benzene rings is 2. The van der Waals surface area contributed by atoms with Crippen LogP contribution in [0.1, 0.15) is 42.5 Å². The number of aliphatic carboxylic acids is 1. The van der Waals surface area contributed by atoms with Crippen molar-refractivity contribution in [3.05, 3.63) is 94.9 Å². The van der Waals surface area contributed by atoms with Crippen molar-refractivity contribution in [2.75, 3.05) is 11.1 Å². The molecule has 1 aliphatic heterocycles. The van der Waals surface area contributed by atoms with Crippen molar-refractivity contribution in [2.45, 2.75) is 44.7 Å². The zero-order valence-corrected chi connectivity index (χ0v) is 24.4. The molecule has 228 valence electrons. The Labute approximate surface area is 256 Å². The van der Waals surface area contributed by atoms with Gasteiger partial charge in [0.15, 0.2) is 11.5 Å². The van der Waals surface area contributed by atoms with Crippen LogP contribution in [0.5, 0.6) is 0 Å². The van der Waals surface area contributed by atoms with E-state index in [9.17, 15) is 18.8 Å². The number of anilines is 2. The number of nitrogens with zero attached hydrogens (tertiary/aromatic N) is 5. The summed E-state index contributed by atoms with van der Waals surface area (Å²) in [7, 11) is 0. The second-order valence-electron chi connectivity index (χ2n) is 11.0. The summed E-state index contributed by atoms with van der Waals surface area (Å²) in [6.07, 6.45) is 2.12. The third-order valence-corrected chi connectivity index (χ3v) is 8.04. The van der Waals surface area contributed by atoms with Gasteiger partial charge in [-0.05, 0) is 49.6 Å². The minimum absolute atomic E-state index is 0.102. The van der Waals surface area contributed by atoms with Crippen LogP contribution in [-0.4, -0.2) is 53.7 Å². The predicted molar refractivity (Wildman–Crippen MR) is 164 cm³/mol. The summed E-state index contributed by atoms with van der Waals surface area (Å²) in [5.41, 5.74) is 8.59. The Hall–Kier alpha value is -5.72. The number of nitrogens with two attached hydrogens (primary N) is 1. The van der Waals surface area contributed by atoms with Crippen LogP contribution in [0.25, 0.3) is 22.6 Å². The Bertz CT molecular complexity index is 1980. The number of hydrogen-bond acceptors (Lipinski definition) is 8. The molecule has 5 N–H and O–H groups in total. The maximum absolute atomic E-state index is 14.4. The van der Waals surface area contributed by atoms with Crippen LogP contribution in [0, 0.1) is 5.82 Å². The predicted octanol–water partition coefficient (Wildman–Crippen LogP) is 3.44. The van der Waals surface area contributed by atoms with Crippen molar-refractivity contribution in [3.63, 3.8) is 0 Å². The van der Waals surface area contributed by atoms with Crippen LogP contribution in [0.2, 0.25) is 0 Å². The molecule has 3 aromatic heterocycles. The minimum Gasteiger partial charge on any atom is -0.480 e. The van der Waals surface area contributed by atoms with Gasteiger partial charge < -0.3 is 21.5 Å². The number of nitrogens with one attached hydrogen (secondary N) is 2. The molecule has 2 aromatic carbocycles. The number of pyridine rings is 1. The van der Waals surface area contributed by atoms with E-state index in [0.29, 0.717) is 39.8 Å². The fourth-order valence-electron chi connectivity index (χ4n) is 5.50. The lowest BCUT2D eigenvalue weighted by Crippen LogP contribution is -2.38. The molecule has 5 aromatic rings. The number of carboxylic acids is 1. The average Bonchev–Trinajstić information content (AvgIpc) is 3.52. The average molecular weight is 609 g/mol. The third-order valence-electron chi connectivity index (χ3n) is 8.04.